The minimum absolute atomic E-state index is 0.329. The number of benzene rings is 2. The van der Waals surface area contributed by atoms with E-state index in [1.165, 1.54) is 5.56 Å². The minimum Gasteiger partial charge on any atom is -0.370 e. The molecule has 0 radical (unpaired) electrons. The lowest BCUT2D eigenvalue weighted by Gasteiger charge is -2.15. The number of nitrogens with zero attached hydrogens (tertiary/aromatic N) is 2. The average Bonchev–Trinajstić information content (AvgIpc) is 3.28. The van der Waals surface area contributed by atoms with Crippen molar-refractivity contribution in [3.8, 4) is 0 Å². The van der Waals surface area contributed by atoms with Gasteiger partial charge in [0.15, 0.2) is 5.96 Å². The molecule has 1 aliphatic rings. The Morgan fingerprint density at radius 3 is 2.31 bits per heavy atom. The molecule has 3 rings (SSSR count). The summed E-state index contributed by atoms with van der Waals surface area (Å²) in [6.45, 7) is 5.98. The summed E-state index contributed by atoms with van der Waals surface area (Å²) in [5.74, 6) is 0.863. The molecular weight excluding hydrogens is 384 g/mol. The predicted octanol–water partition coefficient (Wildman–Crippen LogP) is 3.91. The zero-order valence-electron chi connectivity index (χ0n) is 17.1. The van der Waals surface area contributed by atoms with Crippen LogP contribution >= 0.6 is 0 Å². The molecule has 6 nitrogen and oxygen atoms in total. The smallest absolute Gasteiger partial charge is 0.243 e. The van der Waals surface area contributed by atoms with E-state index in [4.69, 9.17) is 5.73 Å². The van der Waals surface area contributed by atoms with E-state index < -0.39 is 10.0 Å². The maximum Gasteiger partial charge on any atom is 0.243 e. The summed E-state index contributed by atoms with van der Waals surface area (Å²) in [7, 11) is -3.38. The van der Waals surface area contributed by atoms with Crippen molar-refractivity contribution in [1.82, 2.24) is 4.31 Å². The van der Waals surface area contributed by atoms with Crippen LogP contribution in [-0.4, -0.2) is 31.8 Å². The number of nitrogens with one attached hydrogen (secondary N) is 1. The Kier molecular flexibility index (Phi) is 6.92. The summed E-state index contributed by atoms with van der Waals surface area (Å²) in [6, 6.07) is 15.1. The third kappa shape index (κ3) is 5.36. The van der Waals surface area contributed by atoms with Crippen LogP contribution in [0.3, 0.4) is 0 Å². The summed E-state index contributed by atoms with van der Waals surface area (Å²) in [5, 5.41) is 3.09. The number of sulfonamides is 1. The number of hydrogen-bond donors (Lipinski definition) is 2. The van der Waals surface area contributed by atoms with Crippen LogP contribution in [0.1, 0.15) is 50.2 Å². The molecule has 2 aromatic carbocycles. The van der Waals surface area contributed by atoms with Gasteiger partial charge in [-0.05, 0) is 60.6 Å². The molecule has 0 amide bonds. The van der Waals surface area contributed by atoms with Crippen molar-refractivity contribution in [3.05, 3.63) is 59.7 Å². The summed E-state index contributed by atoms with van der Waals surface area (Å²) >= 11 is 0. The second-order valence-corrected chi connectivity index (χ2v) is 9.45. The molecule has 0 bridgehead atoms. The van der Waals surface area contributed by atoms with Crippen LogP contribution in [0.4, 0.5) is 5.69 Å². The molecule has 1 fully saturated rings. The summed E-state index contributed by atoms with van der Waals surface area (Å²) in [5.41, 5.74) is 9.10. The Bertz CT molecular complexity index is 932. The van der Waals surface area contributed by atoms with Crippen molar-refractivity contribution in [1.29, 1.82) is 0 Å². The lowest BCUT2D eigenvalue weighted by molar-refractivity contribution is 0.477. The lowest BCUT2D eigenvalue weighted by Crippen LogP contribution is -2.27. The number of aliphatic imine (C=N–C) groups is 1. The first-order valence-electron chi connectivity index (χ1n) is 10.2. The van der Waals surface area contributed by atoms with E-state index in [1.54, 1.807) is 28.6 Å². The van der Waals surface area contributed by atoms with Crippen LogP contribution in [0.5, 0.6) is 0 Å². The Labute approximate surface area is 173 Å². The zero-order valence-corrected chi connectivity index (χ0v) is 18.0. The van der Waals surface area contributed by atoms with Gasteiger partial charge in [-0.1, -0.05) is 38.1 Å². The van der Waals surface area contributed by atoms with Gasteiger partial charge in [0.05, 0.1) is 11.4 Å². The van der Waals surface area contributed by atoms with Crippen LogP contribution in [0, 0.1) is 0 Å². The van der Waals surface area contributed by atoms with Crippen LogP contribution in [0.25, 0.3) is 0 Å². The van der Waals surface area contributed by atoms with E-state index in [1.807, 2.05) is 12.1 Å². The Morgan fingerprint density at radius 1 is 1.10 bits per heavy atom. The van der Waals surface area contributed by atoms with Crippen molar-refractivity contribution in [2.45, 2.75) is 50.5 Å². The normalized spacial score (nSPS) is 16.7. The highest BCUT2D eigenvalue weighted by molar-refractivity contribution is 7.89. The van der Waals surface area contributed by atoms with Gasteiger partial charge in [0.1, 0.15) is 0 Å². The van der Waals surface area contributed by atoms with E-state index in [0.29, 0.717) is 36.4 Å². The Hall–Kier alpha value is -2.38. The quantitative estimate of drug-likeness (QED) is 0.531. The van der Waals surface area contributed by atoms with Crippen LogP contribution in [-0.2, 0) is 16.6 Å². The van der Waals surface area contributed by atoms with Crippen molar-refractivity contribution in [2.24, 2.45) is 10.7 Å². The number of hydrogen-bond acceptors (Lipinski definition) is 3. The third-order valence-corrected chi connectivity index (χ3v) is 7.34. The van der Waals surface area contributed by atoms with Crippen molar-refractivity contribution >= 4 is 21.7 Å². The average molecular weight is 415 g/mol. The van der Waals surface area contributed by atoms with E-state index in [2.05, 4.69) is 36.3 Å². The first-order chi connectivity index (χ1) is 13.9. The highest BCUT2D eigenvalue weighted by Gasteiger charge is 2.26. The van der Waals surface area contributed by atoms with Crippen LogP contribution in [0.15, 0.2) is 58.4 Å². The van der Waals surface area contributed by atoms with Gasteiger partial charge in [0.25, 0.3) is 0 Å². The van der Waals surface area contributed by atoms with Gasteiger partial charge in [-0.25, -0.2) is 13.4 Å². The highest BCUT2D eigenvalue weighted by atomic mass is 32.2. The molecule has 1 aliphatic heterocycles. The molecule has 1 atom stereocenters. The predicted molar refractivity (Wildman–Crippen MR) is 119 cm³/mol. The van der Waals surface area contributed by atoms with Crippen LogP contribution < -0.4 is 11.1 Å². The Morgan fingerprint density at radius 2 is 1.72 bits per heavy atom. The minimum atomic E-state index is -3.38. The summed E-state index contributed by atoms with van der Waals surface area (Å²) in [4.78, 5) is 4.69. The second kappa shape index (κ2) is 9.41. The molecule has 7 heteroatoms. The first kappa shape index (κ1) is 21.3. The fourth-order valence-electron chi connectivity index (χ4n) is 3.34. The van der Waals surface area contributed by atoms with Crippen molar-refractivity contribution in [3.63, 3.8) is 0 Å². The van der Waals surface area contributed by atoms with E-state index in [0.717, 1.165) is 30.5 Å². The van der Waals surface area contributed by atoms with E-state index in [-0.39, 0.29) is 0 Å². The van der Waals surface area contributed by atoms with Gasteiger partial charge in [-0.2, -0.15) is 4.31 Å². The maximum absolute atomic E-state index is 12.6. The first-order valence-corrected chi connectivity index (χ1v) is 11.6. The van der Waals surface area contributed by atoms with Crippen LogP contribution in [0.2, 0.25) is 0 Å². The zero-order chi connectivity index (χ0) is 20.9. The fourth-order valence-corrected chi connectivity index (χ4v) is 4.86. The molecule has 1 unspecified atom stereocenters. The molecule has 1 saturated heterocycles. The van der Waals surface area contributed by atoms with Gasteiger partial charge in [0.2, 0.25) is 10.0 Å². The summed E-state index contributed by atoms with van der Waals surface area (Å²) < 4.78 is 26.7. The van der Waals surface area contributed by atoms with Crippen molar-refractivity contribution < 1.29 is 8.42 Å². The molecular formula is C22H30N4O2S. The molecule has 156 valence electrons. The fraction of sp³-hybridized carbons (Fsp3) is 0.409. The van der Waals surface area contributed by atoms with E-state index in [9.17, 15) is 8.42 Å². The number of nitrogens with two attached hydrogens (primary N) is 1. The van der Waals surface area contributed by atoms with Gasteiger partial charge in [-0.15, -0.1) is 0 Å². The molecule has 0 aliphatic carbocycles. The summed E-state index contributed by atoms with van der Waals surface area (Å²) in [6.07, 6.45) is 2.96. The van der Waals surface area contributed by atoms with Gasteiger partial charge < -0.3 is 11.1 Å². The molecule has 0 aromatic heterocycles. The molecule has 2 aromatic rings. The standard InChI is InChI=1S/C22H30N4O2S/c1-3-17(2)19-8-10-20(11-9-19)25-22(23)24-16-18-6-12-21(13-7-18)29(27,28)26-14-4-5-15-26/h6-13,17H,3-5,14-16H2,1-2H3,(H3,23,24,25). The van der Waals surface area contributed by atoms with Gasteiger partial charge in [0, 0.05) is 18.8 Å². The monoisotopic (exact) mass is 414 g/mol. The number of rotatable bonds is 7. The second-order valence-electron chi connectivity index (χ2n) is 7.51. The Balaban J connectivity index is 1.59. The molecule has 29 heavy (non-hydrogen) atoms. The largest absolute Gasteiger partial charge is 0.370 e. The maximum atomic E-state index is 12.6. The van der Waals surface area contributed by atoms with E-state index >= 15 is 0 Å². The number of anilines is 1. The molecule has 1 heterocycles. The topological polar surface area (TPSA) is 87.8 Å². The van der Waals surface area contributed by atoms with Gasteiger partial charge in [-0.3, -0.25) is 0 Å². The molecule has 0 spiro atoms. The van der Waals surface area contributed by atoms with Gasteiger partial charge >= 0.3 is 0 Å². The third-order valence-electron chi connectivity index (χ3n) is 5.42. The molecule has 3 N–H and O–H groups in total. The molecule has 0 saturated carbocycles. The van der Waals surface area contributed by atoms with Crippen molar-refractivity contribution in [2.75, 3.05) is 18.4 Å². The number of guanidine groups is 1. The SMILES string of the molecule is CCC(C)c1ccc(NC(N)=NCc2ccc(S(=O)(=O)N3CCCC3)cc2)cc1. The lowest BCUT2D eigenvalue weighted by atomic mass is 9.99. The highest BCUT2D eigenvalue weighted by Crippen LogP contribution is 2.22.